The molecule has 0 aliphatic carbocycles. The van der Waals surface area contributed by atoms with Gasteiger partial charge in [-0.25, -0.2) is 18.1 Å². The van der Waals surface area contributed by atoms with Gasteiger partial charge in [0.25, 0.3) is 0 Å². The minimum atomic E-state index is -3.55. The van der Waals surface area contributed by atoms with E-state index in [1.807, 2.05) is 20.8 Å². The Morgan fingerprint density at radius 2 is 2.06 bits per heavy atom. The summed E-state index contributed by atoms with van der Waals surface area (Å²) in [6, 6.07) is 3.14. The molecule has 96 valence electrons. The molecule has 1 aromatic rings. The number of nitrogens with zero attached hydrogens (tertiary/aromatic N) is 1. The van der Waals surface area contributed by atoms with E-state index in [2.05, 4.69) is 15.0 Å². The molecule has 0 spiro atoms. The third kappa shape index (κ3) is 3.41. The molecular weight excluding hydrogens is 238 g/mol. The monoisotopic (exact) mass is 257 g/mol. The SMILES string of the molecule is CCC(C)(C)NS(=O)(=O)c1cccnc1NC. The van der Waals surface area contributed by atoms with Crippen LogP contribution in [0.25, 0.3) is 0 Å². The molecule has 0 saturated heterocycles. The van der Waals surface area contributed by atoms with E-state index >= 15 is 0 Å². The fourth-order valence-corrected chi connectivity index (χ4v) is 2.93. The summed E-state index contributed by atoms with van der Waals surface area (Å²) >= 11 is 0. The predicted octanol–water partition coefficient (Wildman–Crippen LogP) is 1.59. The summed E-state index contributed by atoms with van der Waals surface area (Å²) < 4.78 is 27.1. The first-order chi connectivity index (χ1) is 7.82. The number of hydrogen-bond acceptors (Lipinski definition) is 4. The minimum Gasteiger partial charge on any atom is -0.372 e. The second-order valence-corrected chi connectivity index (χ2v) is 6.09. The molecule has 0 amide bonds. The van der Waals surface area contributed by atoms with Gasteiger partial charge in [0.15, 0.2) is 0 Å². The first kappa shape index (κ1) is 13.9. The number of sulfonamides is 1. The summed E-state index contributed by atoms with van der Waals surface area (Å²) in [5.41, 5.74) is -0.473. The fourth-order valence-electron chi connectivity index (χ4n) is 1.29. The summed E-state index contributed by atoms with van der Waals surface area (Å²) in [4.78, 5) is 4.16. The molecule has 2 N–H and O–H groups in total. The van der Waals surface area contributed by atoms with Gasteiger partial charge in [-0.1, -0.05) is 6.92 Å². The predicted molar refractivity (Wildman–Crippen MR) is 68.5 cm³/mol. The standard InChI is InChI=1S/C11H19N3O2S/c1-5-11(2,3)14-17(15,16)9-7-6-8-13-10(9)12-4/h6-8,14H,5H2,1-4H3,(H,12,13). The lowest BCUT2D eigenvalue weighted by Gasteiger charge is -2.24. The molecule has 5 nitrogen and oxygen atoms in total. The molecule has 0 bridgehead atoms. The highest BCUT2D eigenvalue weighted by atomic mass is 32.2. The van der Waals surface area contributed by atoms with Crippen molar-refractivity contribution in [2.45, 2.75) is 37.6 Å². The van der Waals surface area contributed by atoms with Crippen molar-refractivity contribution in [2.75, 3.05) is 12.4 Å². The van der Waals surface area contributed by atoms with E-state index in [1.54, 1.807) is 19.3 Å². The van der Waals surface area contributed by atoms with Gasteiger partial charge in [0.05, 0.1) is 0 Å². The summed E-state index contributed by atoms with van der Waals surface area (Å²) in [5.74, 6) is 0.354. The van der Waals surface area contributed by atoms with Crippen molar-refractivity contribution in [1.82, 2.24) is 9.71 Å². The number of pyridine rings is 1. The first-order valence-corrected chi connectivity index (χ1v) is 6.97. The number of nitrogens with one attached hydrogen (secondary N) is 2. The molecule has 1 rings (SSSR count). The van der Waals surface area contributed by atoms with Crippen LogP contribution in [-0.4, -0.2) is 26.0 Å². The van der Waals surface area contributed by atoms with Crippen molar-refractivity contribution in [3.05, 3.63) is 18.3 Å². The molecule has 1 heterocycles. The quantitative estimate of drug-likeness (QED) is 0.840. The highest BCUT2D eigenvalue weighted by molar-refractivity contribution is 7.89. The number of hydrogen-bond donors (Lipinski definition) is 2. The maximum Gasteiger partial charge on any atom is 0.244 e. The average molecular weight is 257 g/mol. The van der Waals surface area contributed by atoms with E-state index in [1.165, 1.54) is 6.07 Å². The molecule has 0 atom stereocenters. The van der Waals surface area contributed by atoms with Crippen molar-refractivity contribution >= 4 is 15.8 Å². The molecule has 1 aromatic heterocycles. The largest absolute Gasteiger partial charge is 0.372 e. The number of rotatable bonds is 5. The van der Waals surface area contributed by atoms with Crippen LogP contribution < -0.4 is 10.0 Å². The van der Waals surface area contributed by atoms with Gasteiger partial charge >= 0.3 is 0 Å². The fraction of sp³-hybridized carbons (Fsp3) is 0.545. The van der Waals surface area contributed by atoms with E-state index in [0.717, 1.165) is 0 Å². The topological polar surface area (TPSA) is 71.1 Å². The molecule has 6 heteroatoms. The normalized spacial score (nSPS) is 12.5. The smallest absolute Gasteiger partial charge is 0.244 e. The Morgan fingerprint density at radius 1 is 1.41 bits per heavy atom. The summed E-state index contributed by atoms with van der Waals surface area (Å²) in [6.07, 6.45) is 2.26. The van der Waals surface area contributed by atoms with Crippen molar-refractivity contribution in [3.8, 4) is 0 Å². The summed E-state index contributed by atoms with van der Waals surface area (Å²) in [5, 5.41) is 2.78. The molecule has 0 aliphatic rings. The zero-order chi connectivity index (χ0) is 13.1. The van der Waals surface area contributed by atoms with E-state index in [-0.39, 0.29) is 4.90 Å². The zero-order valence-electron chi connectivity index (χ0n) is 10.6. The van der Waals surface area contributed by atoms with E-state index in [0.29, 0.717) is 12.2 Å². The Balaban J connectivity index is 3.14. The lowest BCUT2D eigenvalue weighted by molar-refractivity contribution is 0.439. The Bertz CT molecular complexity index is 483. The number of anilines is 1. The van der Waals surface area contributed by atoms with E-state index in [4.69, 9.17) is 0 Å². The third-order valence-corrected chi connectivity index (χ3v) is 4.32. The lowest BCUT2D eigenvalue weighted by Crippen LogP contribution is -2.42. The van der Waals surface area contributed by atoms with Crippen LogP contribution in [0, 0.1) is 0 Å². The van der Waals surface area contributed by atoms with Gasteiger partial charge < -0.3 is 5.32 Å². The molecule has 17 heavy (non-hydrogen) atoms. The Kier molecular flexibility index (Phi) is 4.11. The van der Waals surface area contributed by atoms with Crippen LogP contribution in [0.2, 0.25) is 0 Å². The van der Waals surface area contributed by atoms with Crippen LogP contribution in [0.4, 0.5) is 5.82 Å². The van der Waals surface area contributed by atoms with Crippen LogP contribution >= 0.6 is 0 Å². The average Bonchev–Trinajstić information content (AvgIpc) is 2.28. The van der Waals surface area contributed by atoms with Gasteiger partial charge in [-0.05, 0) is 32.4 Å². The summed E-state index contributed by atoms with van der Waals surface area (Å²) in [7, 11) is -1.90. The maximum atomic E-state index is 12.2. The Hall–Kier alpha value is -1.14. The van der Waals surface area contributed by atoms with Crippen LogP contribution in [0.3, 0.4) is 0 Å². The molecule has 0 unspecified atom stereocenters. The summed E-state index contributed by atoms with van der Waals surface area (Å²) in [6.45, 7) is 5.63. The van der Waals surface area contributed by atoms with Crippen molar-refractivity contribution in [3.63, 3.8) is 0 Å². The highest BCUT2D eigenvalue weighted by Crippen LogP contribution is 2.20. The zero-order valence-corrected chi connectivity index (χ0v) is 11.4. The van der Waals surface area contributed by atoms with E-state index in [9.17, 15) is 8.42 Å². The highest BCUT2D eigenvalue weighted by Gasteiger charge is 2.26. The molecule has 0 saturated carbocycles. The maximum absolute atomic E-state index is 12.2. The van der Waals surface area contributed by atoms with Crippen LogP contribution in [-0.2, 0) is 10.0 Å². The Morgan fingerprint density at radius 3 is 2.59 bits per heavy atom. The number of aromatic nitrogens is 1. The molecule has 0 aromatic carbocycles. The van der Waals surface area contributed by atoms with Gasteiger partial charge in [0.1, 0.15) is 10.7 Å². The van der Waals surface area contributed by atoms with Crippen molar-refractivity contribution in [1.29, 1.82) is 0 Å². The van der Waals surface area contributed by atoms with Crippen molar-refractivity contribution < 1.29 is 8.42 Å². The molecular formula is C11H19N3O2S. The van der Waals surface area contributed by atoms with Crippen LogP contribution in [0.1, 0.15) is 27.2 Å². The van der Waals surface area contributed by atoms with Gasteiger partial charge in [0, 0.05) is 18.8 Å². The third-order valence-electron chi connectivity index (χ3n) is 2.59. The lowest BCUT2D eigenvalue weighted by atomic mass is 10.0. The van der Waals surface area contributed by atoms with Crippen molar-refractivity contribution in [2.24, 2.45) is 0 Å². The Labute approximate surface area is 103 Å². The van der Waals surface area contributed by atoms with Crippen LogP contribution in [0.15, 0.2) is 23.2 Å². The molecule has 0 aliphatic heterocycles. The van der Waals surface area contributed by atoms with E-state index < -0.39 is 15.6 Å². The van der Waals surface area contributed by atoms with Gasteiger partial charge in [-0.2, -0.15) is 0 Å². The minimum absolute atomic E-state index is 0.170. The van der Waals surface area contributed by atoms with Crippen LogP contribution in [0.5, 0.6) is 0 Å². The second-order valence-electron chi connectivity index (χ2n) is 4.44. The van der Waals surface area contributed by atoms with Gasteiger partial charge in [-0.15, -0.1) is 0 Å². The van der Waals surface area contributed by atoms with Gasteiger partial charge in [-0.3, -0.25) is 0 Å². The molecule has 0 radical (unpaired) electrons. The first-order valence-electron chi connectivity index (χ1n) is 5.49. The van der Waals surface area contributed by atoms with Gasteiger partial charge in [0.2, 0.25) is 10.0 Å². The second kappa shape index (κ2) is 5.01. The molecule has 0 fully saturated rings.